The second-order valence-corrected chi connectivity index (χ2v) is 8.28. The number of aromatic nitrogens is 4. The molecule has 1 aliphatic heterocycles. The van der Waals surface area contributed by atoms with E-state index >= 15 is 0 Å². The number of carbonyl (C=O) groups excluding carboxylic acids is 1. The molecule has 134 valence electrons. The van der Waals surface area contributed by atoms with Crippen LogP contribution in [0.25, 0.3) is 0 Å². The van der Waals surface area contributed by atoms with E-state index < -0.39 is 0 Å². The molecular weight excluding hydrogens is 324 g/mol. The molecule has 1 saturated carbocycles. The summed E-state index contributed by atoms with van der Waals surface area (Å²) in [4.78, 5) is 14.5. The molecule has 24 heavy (non-hydrogen) atoms. The van der Waals surface area contributed by atoms with Crippen LogP contribution < -0.4 is 5.32 Å². The zero-order valence-corrected chi connectivity index (χ0v) is 15.5. The first-order valence-electron chi connectivity index (χ1n) is 9.01. The van der Waals surface area contributed by atoms with E-state index in [1.165, 1.54) is 31.3 Å². The molecule has 2 fully saturated rings. The fourth-order valence-electron chi connectivity index (χ4n) is 3.51. The molecule has 0 bridgehead atoms. The minimum absolute atomic E-state index is 0.0609. The van der Waals surface area contributed by atoms with Crippen LogP contribution in [-0.2, 0) is 4.79 Å². The predicted molar refractivity (Wildman–Crippen MR) is 93.8 cm³/mol. The van der Waals surface area contributed by atoms with Crippen molar-refractivity contribution in [2.24, 2.45) is 11.8 Å². The van der Waals surface area contributed by atoms with Gasteiger partial charge in [0.1, 0.15) is 0 Å². The summed E-state index contributed by atoms with van der Waals surface area (Å²) in [5.41, 5.74) is 0. The van der Waals surface area contributed by atoms with E-state index in [9.17, 15) is 4.79 Å². The van der Waals surface area contributed by atoms with Gasteiger partial charge in [-0.1, -0.05) is 25.6 Å². The number of thioether (sulfide) groups is 1. The molecule has 2 atom stereocenters. The summed E-state index contributed by atoms with van der Waals surface area (Å²) in [6.45, 7) is 8.86. The van der Waals surface area contributed by atoms with Gasteiger partial charge in [0.2, 0.25) is 11.1 Å². The van der Waals surface area contributed by atoms with Crippen molar-refractivity contribution in [3.05, 3.63) is 0 Å². The first-order chi connectivity index (χ1) is 11.6. The average molecular weight is 353 g/mol. The Morgan fingerprint density at radius 3 is 2.75 bits per heavy atom. The van der Waals surface area contributed by atoms with E-state index in [4.69, 9.17) is 0 Å². The summed E-state index contributed by atoms with van der Waals surface area (Å²) in [5.74, 6) is 2.02. The SMILES string of the molecule is CC1CC(C)CN(CCCNC(=O)CSc2nnnn2C2CC2)C1. The molecular formula is C16H28N6OS. The van der Waals surface area contributed by atoms with Gasteiger partial charge in [-0.25, -0.2) is 4.68 Å². The van der Waals surface area contributed by atoms with Gasteiger partial charge in [0.05, 0.1) is 11.8 Å². The number of hydrogen-bond donors (Lipinski definition) is 1. The third-order valence-corrected chi connectivity index (χ3v) is 5.54. The molecule has 1 aliphatic carbocycles. The Balaban J connectivity index is 1.29. The number of rotatable bonds is 8. The van der Waals surface area contributed by atoms with Crippen LogP contribution in [0.3, 0.4) is 0 Å². The summed E-state index contributed by atoms with van der Waals surface area (Å²) in [7, 11) is 0. The van der Waals surface area contributed by atoms with Crippen molar-refractivity contribution < 1.29 is 4.79 Å². The predicted octanol–water partition coefficient (Wildman–Crippen LogP) is 1.58. The summed E-state index contributed by atoms with van der Waals surface area (Å²) < 4.78 is 1.84. The van der Waals surface area contributed by atoms with Crippen molar-refractivity contribution in [2.75, 3.05) is 31.9 Å². The average Bonchev–Trinajstić information content (AvgIpc) is 3.27. The van der Waals surface area contributed by atoms with Gasteiger partial charge in [0, 0.05) is 19.6 Å². The molecule has 7 nitrogen and oxygen atoms in total. The number of amides is 1. The van der Waals surface area contributed by atoms with Gasteiger partial charge in [-0.15, -0.1) is 5.10 Å². The van der Waals surface area contributed by atoms with Crippen molar-refractivity contribution in [3.8, 4) is 0 Å². The van der Waals surface area contributed by atoms with Gasteiger partial charge >= 0.3 is 0 Å². The monoisotopic (exact) mass is 352 g/mol. The van der Waals surface area contributed by atoms with Crippen molar-refractivity contribution >= 4 is 17.7 Å². The van der Waals surface area contributed by atoms with Gasteiger partial charge in [-0.05, 0) is 54.5 Å². The summed E-state index contributed by atoms with van der Waals surface area (Å²) >= 11 is 1.42. The lowest BCUT2D eigenvalue weighted by molar-refractivity contribution is -0.118. The molecule has 2 heterocycles. The number of nitrogens with one attached hydrogen (secondary N) is 1. The Labute approximate surface area is 147 Å². The maximum Gasteiger partial charge on any atom is 0.230 e. The van der Waals surface area contributed by atoms with Crippen LogP contribution in [0.1, 0.15) is 45.6 Å². The zero-order chi connectivity index (χ0) is 16.9. The van der Waals surface area contributed by atoms with Gasteiger partial charge in [0.15, 0.2) is 0 Å². The van der Waals surface area contributed by atoms with E-state index in [2.05, 4.69) is 39.6 Å². The number of tetrazole rings is 1. The molecule has 2 unspecified atom stereocenters. The highest BCUT2D eigenvalue weighted by atomic mass is 32.2. The lowest BCUT2D eigenvalue weighted by atomic mass is 9.92. The highest BCUT2D eigenvalue weighted by molar-refractivity contribution is 7.99. The van der Waals surface area contributed by atoms with Crippen LogP contribution in [0.5, 0.6) is 0 Å². The Kier molecular flexibility index (Phi) is 6.10. The molecule has 1 N–H and O–H groups in total. The van der Waals surface area contributed by atoms with Crippen LogP contribution in [-0.4, -0.2) is 62.9 Å². The summed E-state index contributed by atoms with van der Waals surface area (Å²) in [6.07, 6.45) is 4.62. The minimum Gasteiger partial charge on any atom is -0.355 e. The van der Waals surface area contributed by atoms with Gasteiger partial charge in [0.25, 0.3) is 0 Å². The minimum atomic E-state index is 0.0609. The maximum atomic E-state index is 12.0. The Hall–Kier alpha value is -1.15. The van der Waals surface area contributed by atoms with Crippen LogP contribution in [0, 0.1) is 11.8 Å². The quantitative estimate of drug-likeness (QED) is 0.565. The second kappa shape index (κ2) is 8.29. The summed E-state index contributed by atoms with van der Waals surface area (Å²) in [6, 6.07) is 0.444. The van der Waals surface area contributed by atoms with E-state index in [0.29, 0.717) is 11.8 Å². The molecule has 1 amide bonds. The number of piperidine rings is 1. The first kappa shape index (κ1) is 17.7. The number of nitrogens with zero attached hydrogens (tertiary/aromatic N) is 5. The summed E-state index contributed by atoms with van der Waals surface area (Å²) in [5, 5.41) is 15.5. The lowest BCUT2D eigenvalue weighted by Gasteiger charge is -2.34. The van der Waals surface area contributed by atoms with Crippen LogP contribution in [0.4, 0.5) is 0 Å². The van der Waals surface area contributed by atoms with E-state index in [1.54, 1.807) is 0 Å². The number of likely N-dealkylation sites (tertiary alicyclic amines) is 1. The second-order valence-electron chi connectivity index (χ2n) is 7.34. The van der Waals surface area contributed by atoms with Crippen LogP contribution in [0.15, 0.2) is 5.16 Å². The smallest absolute Gasteiger partial charge is 0.230 e. The molecule has 0 aromatic carbocycles. The van der Waals surface area contributed by atoms with Crippen molar-refractivity contribution in [2.45, 2.75) is 50.7 Å². The molecule has 8 heteroatoms. The Morgan fingerprint density at radius 1 is 1.29 bits per heavy atom. The molecule has 3 rings (SSSR count). The van der Waals surface area contributed by atoms with Crippen molar-refractivity contribution in [1.29, 1.82) is 0 Å². The Morgan fingerprint density at radius 2 is 2.04 bits per heavy atom. The molecule has 1 aromatic heterocycles. The van der Waals surface area contributed by atoms with E-state index in [-0.39, 0.29) is 5.91 Å². The third kappa shape index (κ3) is 5.17. The van der Waals surface area contributed by atoms with E-state index in [0.717, 1.165) is 49.3 Å². The normalized spacial score (nSPS) is 24.9. The topological polar surface area (TPSA) is 75.9 Å². The highest BCUT2D eigenvalue weighted by Crippen LogP contribution is 2.36. The van der Waals surface area contributed by atoms with Gasteiger partial charge in [-0.2, -0.15) is 0 Å². The van der Waals surface area contributed by atoms with Crippen molar-refractivity contribution in [3.63, 3.8) is 0 Å². The molecule has 2 aliphatic rings. The van der Waals surface area contributed by atoms with Crippen LogP contribution >= 0.6 is 11.8 Å². The number of hydrogen-bond acceptors (Lipinski definition) is 6. The van der Waals surface area contributed by atoms with Gasteiger partial charge in [-0.3, -0.25) is 4.79 Å². The van der Waals surface area contributed by atoms with Gasteiger partial charge < -0.3 is 10.2 Å². The van der Waals surface area contributed by atoms with E-state index in [1.807, 2.05) is 4.68 Å². The first-order valence-corrected chi connectivity index (χ1v) is 10.00. The third-order valence-electron chi connectivity index (χ3n) is 4.61. The Bertz CT molecular complexity index is 536. The van der Waals surface area contributed by atoms with Crippen molar-refractivity contribution in [1.82, 2.24) is 30.4 Å². The standard InChI is InChI=1S/C16H28N6OS/c1-12-8-13(2)10-21(9-12)7-3-6-17-15(23)11-24-16-18-19-20-22(16)14-4-5-14/h12-14H,3-11H2,1-2H3,(H,17,23). The van der Waals surface area contributed by atoms with Crippen LogP contribution in [0.2, 0.25) is 0 Å². The fourth-order valence-corrected chi connectivity index (χ4v) is 4.29. The largest absolute Gasteiger partial charge is 0.355 e. The number of carbonyl (C=O) groups is 1. The zero-order valence-electron chi connectivity index (χ0n) is 14.6. The fraction of sp³-hybridized carbons (Fsp3) is 0.875. The maximum absolute atomic E-state index is 12.0. The lowest BCUT2D eigenvalue weighted by Crippen LogP contribution is -2.40. The highest BCUT2D eigenvalue weighted by Gasteiger charge is 2.28. The molecule has 1 saturated heterocycles. The molecule has 1 aromatic rings. The molecule has 0 spiro atoms. The molecule has 0 radical (unpaired) electrons.